The number of rotatable bonds is 4. The summed E-state index contributed by atoms with van der Waals surface area (Å²) in [4.78, 5) is 22.9. The number of carbonyl (C=O) groups is 2. The lowest BCUT2D eigenvalue weighted by molar-refractivity contribution is -0.116. The van der Waals surface area contributed by atoms with Gasteiger partial charge in [0.25, 0.3) is 0 Å². The van der Waals surface area contributed by atoms with Crippen molar-refractivity contribution in [2.45, 2.75) is 20.3 Å². The number of hydrogen-bond donors (Lipinski definition) is 2. The van der Waals surface area contributed by atoms with Gasteiger partial charge in [0.1, 0.15) is 4.88 Å². The van der Waals surface area contributed by atoms with E-state index in [9.17, 15) is 9.59 Å². The van der Waals surface area contributed by atoms with Crippen molar-refractivity contribution in [2.24, 2.45) is 5.92 Å². The number of carboxylic acids is 1. The van der Waals surface area contributed by atoms with E-state index in [0.717, 1.165) is 10.1 Å². The van der Waals surface area contributed by atoms with E-state index < -0.39 is 5.97 Å². The molecule has 0 atom stereocenters. The van der Waals surface area contributed by atoms with Gasteiger partial charge in [-0.15, -0.1) is 11.3 Å². The minimum atomic E-state index is -0.924. The summed E-state index contributed by atoms with van der Waals surface area (Å²) in [5, 5.41) is 12.6. The fraction of sp³-hybridized carbons (Fsp3) is 0.286. The molecule has 100 valence electrons. The van der Waals surface area contributed by atoms with Crippen molar-refractivity contribution in [3.8, 4) is 0 Å². The van der Waals surface area contributed by atoms with Crippen LogP contribution in [0.4, 0.5) is 5.69 Å². The van der Waals surface area contributed by atoms with Crippen LogP contribution in [0.5, 0.6) is 0 Å². The average Bonchev–Trinajstić information content (AvgIpc) is 2.70. The highest BCUT2D eigenvalue weighted by Gasteiger charge is 2.10. The molecule has 2 N–H and O–H groups in total. The molecule has 1 heterocycles. The molecule has 1 aromatic heterocycles. The largest absolute Gasteiger partial charge is 0.477 e. The van der Waals surface area contributed by atoms with E-state index >= 15 is 0 Å². The number of amides is 1. The quantitative estimate of drug-likeness (QED) is 0.897. The van der Waals surface area contributed by atoms with Crippen LogP contribution < -0.4 is 5.32 Å². The van der Waals surface area contributed by atoms with Gasteiger partial charge in [-0.25, -0.2) is 4.79 Å². The van der Waals surface area contributed by atoms with Crippen molar-refractivity contribution in [3.63, 3.8) is 0 Å². The van der Waals surface area contributed by atoms with Gasteiger partial charge >= 0.3 is 5.97 Å². The molecule has 19 heavy (non-hydrogen) atoms. The summed E-state index contributed by atoms with van der Waals surface area (Å²) in [6.07, 6.45) is 0.474. The van der Waals surface area contributed by atoms with E-state index in [-0.39, 0.29) is 5.91 Å². The number of fused-ring (bicyclic) bond motifs is 1. The summed E-state index contributed by atoms with van der Waals surface area (Å²) in [6, 6.07) is 7.05. The highest BCUT2D eigenvalue weighted by molar-refractivity contribution is 7.20. The molecular weight excluding hydrogens is 262 g/mol. The minimum absolute atomic E-state index is 0.0250. The molecule has 0 radical (unpaired) electrons. The fourth-order valence-corrected chi connectivity index (χ4v) is 2.69. The third-order valence-corrected chi connectivity index (χ3v) is 3.71. The molecule has 0 fully saturated rings. The molecule has 1 aromatic carbocycles. The number of carbonyl (C=O) groups excluding carboxylic acids is 1. The second kappa shape index (κ2) is 5.40. The number of nitrogens with one attached hydrogen (secondary N) is 1. The Labute approximate surface area is 115 Å². The summed E-state index contributed by atoms with van der Waals surface area (Å²) in [7, 11) is 0. The molecule has 2 aromatic rings. The number of thiophene rings is 1. The molecule has 0 aliphatic heterocycles. The van der Waals surface area contributed by atoms with Gasteiger partial charge in [-0.05, 0) is 35.6 Å². The molecule has 0 saturated carbocycles. The molecule has 0 aliphatic carbocycles. The van der Waals surface area contributed by atoms with Gasteiger partial charge in [-0.1, -0.05) is 13.8 Å². The van der Waals surface area contributed by atoms with Crippen LogP contribution in [0.3, 0.4) is 0 Å². The smallest absolute Gasteiger partial charge is 0.345 e. The average molecular weight is 277 g/mol. The molecule has 0 bridgehead atoms. The molecule has 0 unspecified atom stereocenters. The zero-order valence-electron chi connectivity index (χ0n) is 10.8. The number of benzene rings is 1. The number of carboxylic acid groups (broad SMARTS) is 1. The van der Waals surface area contributed by atoms with Crippen LogP contribution in [0.15, 0.2) is 24.3 Å². The van der Waals surface area contributed by atoms with Crippen LogP contribution in [-0.2, 0) is 4.79 Å². The normalized spacial score (nSPS) is 10.9. The predicted octanol–water partition coefficient (Wildman–Crippen LogP) is 3.58. The third kappa shape index (κ3) is 3.32. The monoisotopic (exact) mass is 277 g/mol. The standard InChI is InChI=1S/C14H15NO3S/c1-8(2)5-13(16)15-10-3-4-11-9(6-10)7-12(19-11)14(17)18/h3-4,6-8H,5H2,1-2H3,(H,15,16)(H,17,18). The molecular formula is C14H15NO3S. The molecule has 1 amide bonds. The molecule has 0 spiro atoms. The van der Waals surface area contributed by atoms with Crippen molar-refractivity contribution in [1.29, 1.82) is 0 Å². The van der Waals surface area contributed by atoms with Crippen molar-refractivity contribution >= 4 is 39.0 Å². The summed E-state index contributed by atoms with van der Waals surface area (Å²) in [5.74, 6) is -0.641. The molecule has 0 saturated heterocycles. The SMILES string of the molecule is CC(C)CC(=O)Nc1ccc2sc(C(=O)O)cc2c1. The minimum Gasteiger partial charge on any atom is -0.477 e. The number of aromatic carboxylic acids is 1. The van der Waals surface area contributed by atoms with Crippen molar-refractivity contribution in [2.75, 3.05) is 5.32 Å². The lowest BCUT2D eigenvalue weighted by atomic mass is 10.1. The Morgan fingerprint density at radius 3 is 2.68 bits per heavy atom. The first-order valence-electron chi connectivity index (χ1n) is 6.02. The zero-order valence-corrected chi connectivity index (χ0v) is 11.6. The molecule has 5 heteroatoms. The summed E-state index contributed by atoms with van der Waals surface area (Å²) in [6.45, 7) is 3.97. The van der Waals surface area contributed by atoms with Gasteiger partial charge in [0.05, 0.1) is 0 Å². The Bertz CT molecular complexity index is 631. The zero-order chi connectivity index (χ0) is 14.0. The van der Waals surface area contributed by atoms with E-state index in [0.29, 0.717) is 22.9 Å². The van der Waals surface area contributed by atoms with Crippen LogP contribution >= 0.6 is 11.3 Å². The van der Waals surface area contributed by atoms with Crippen LogP contribution in [-0.4, -0.2) is 17.0 Å². The lowest BCUT2D eigenvalue weighted by Crippen LogP contribution is -2.13. The lowest BCUT2D eigenvalue weighted by Gasteiger charge is -2.07. The fourth-order valence-electron chi connectivity index (χ4n) is 1.81. The summed E-state index contributed by atoms with van der Waals surface area (Å²) >= 11 is 1.23. The van der Waals surface area contributed by atoms with Gasteiger partial charge in [0.2, 0.25) is 5.91 Å². The van der Waals surface area contributed by atoms with Crippen LogP contribution in [0, 0.1) is 5.92 Å². The summed E-state index contributed by atoms with van der Waals surface area (Å²) in [5.41, 5.74) is 0.702. The van der Waals surface area contributed by atoms with Crippen LogP contribution in [0.25, 0.3) is 10.1 Å². The Morgan fingerprint density at radius 2 is 2.05 bits per heavy atom. The van der Waals surface area contributed by atoms with Gasteiger partial charge in [-0.3, -0.25) is 4.79 Å². The Hall–Kier alpha value is -1.88. The predicted molar refractivity (Wildman–Crippen MR) is 76.9 cm³/mol. The van der Waals surface area contributed by atoms with E-state index in [4.69, 9.17) is 5.11 Å². The maximum atomic E-state index is 11.7. The highest BCUT2D eigenvalue weighted by Crippen LogP contribution is 2.28. The second-order valence-electron chi connectivity index (χ2n) is 4.81. The first-order valence-corrected chi connectivity index (χ1v) is 6.84. The Morgan fingerprint density at radius 1 is 1.32 bits per heavy atom. The van der Waals surface area contributed by atoms with Gasteiger partial charge in [0, 0.05) is 16.8 Å². The first-order chi connectivity index (χ1) is 8.95. The summed E-state index contributed by atoms with van der Waals surface area (Å²) < 4.78 is 0.902. The molecule has 0 aliphatic rings. The van der Waals surface area contributed by atoms with Crippen LogP contribution in [0.2, 0.25) is 0 Å². The van der Waals surface area contributed by atoms with Gasteiger partial charge < -0.3 is 10.4 Å². The second-order valence-corrected chi connectivity index (χ2v) is 5.90. The maximum absolute atomic E-state index is 11.7. The maximum Gasteiger partial charge on any atom is 0.345 e. The Kier molecular flexibility index (Phi) is 3.85. The number of anilines is 1. The third-order valence-electron chi connectivity index (χ3n) is 2.60. The van der Waals surface area contributed by atoms with Crippen molar-refractivity contribution in [1.82, 2.24) is 0 Å². The van der Waals surface area contributed by atoms with E-state index in [1.807, 2.05) is 19.9 Å². The first kappa shape index (κ1) is 13.5. The van der Waals surface area contributed by atoms with Crippen molar-refractivity contribution in [3.05, 3.63) is 29.1 Å². The van der Waals surface area contributed by atoms with Gasteiger partial charge in [-0.2, -0.15) is 0 Å². The van der Waals surface area contributed by atoms with E-state index in [1.165, 1.54) is 11.3 Å². The van der Waals surface area contributed by atoms with E-state index in [2.05, 4.69) is 5.32 Å². The topological polar surface area (TPSA) is 66.4 Å². The Balaban J connectivity index is 2.21. The number of hydrogen-bond acceptors (Lipinski definition) is 3. The van der Waals surface area contributed by atoms with Crippen LogP contribution in [0.1, 0.15) is 29.9 Å². The molecule has 4 nitrogen and oxygen atoms in total. The van der Waals surface area contributed by atoms with E-state index in [1.54, 1.807) is 18.2 Å². The van der Waals surface area contributed by atoms with Crippen molar-refractivity contribution < 1.29 is 14.7 Å². The van der Waals surface area contributed by atoms with Gasteiger partial charge in [0.15, 0.2) is 0 Å². The highest BCUT2D eigenvalue weighted by atomic mass is 32.1. The molecule has 2 rings (SSSR count).